The van der Waals surface area contributed by atoms with Gasteiger partial charge < -0.3 is 10.1 Å². The van der Waals surface area contributed by atoms with Crippen LogP contribution in [0.4, 0.5) is 10.5 Å². The Morgan fingerprint density at radius 1 is 1.10 bits per heavy atom. The fourth-order valence-corrected chi connectivity index (χ4v) is 5.53. The van der Waals surface area contributed by atoms with E-state index in [1.807, 2.05) is 4.72 Å². The van der Waals surface area contributed by atoms with Gasteiger partial charge in [0, 0.05) is 23.8 Å². The average molecular weight is 453 g/mol. The van der Waals surface area contributed by atoms with Crippen molar-refractivity contribution in [2.24, 2.45) is 7.05 Å². The van der Waals surface area contributed by atoms with E-state index in [-0.39, 0.29) is 5.69 Å². The number of methoxy groups -OCH3 is 1. The number of carbonyl (C=O) groups excluding carboxylic acids is 2. The summed E-state index contributed by atoms with van der Waals surface area (Å²) in [4.78, 5) is 24.3. The van der Waals surface area contributed by atoms with Crippen LogP contribution >= 0.6 is 11.6 Å². The second-order valence-electron chi connectivity index (χ2n) is 7.35. The van der Waals surface area contributed by atoms with E-state index in [9.17, 15) is 18.0 Å². The zero-order chi connectivity index (χ0) is 21.6. The first-order valence-corrected chi connectivity index (χ1v) is 11.4. The Morgan fingerprint density at radius 3 is 2.23 bits per heavy atom. The number of aromatic nitrogens is 2. The molecule has 1 aromatic carbocycles. The molecule has 1 aromatic heterocycles. The molecule has 0 fully saturated rings. The molecule has 0 radical (unpaired) electrons. The van der Waals surface area contributed by atoms with Crippen LogP contribution in [0, 0.1) is 0 Å². The highest BCUT2D eigenvalue weighted by Crippen LogP contribution is 2.43. The molecule has 9 nitrogen and oxygen atoms in total. The Kier molecular flexibility index (Phi) is 5.23. The number of aryl methyl sites for hydroxylation is 1. The van der Waals surface area contributed by atoms with Gasteiger partial charge in [0.2, 0.25) is 0 Å². The third-order valence-electron chi connectivity index (χ3n) is 5.56. The summed E-state index contributed by atoms with van der Waals surface area (Å²) in [7, 11) is -1.70. The van der Waals surface area contributed by atoms with E-state index in [0.717, 1.165) is 76.5 Å². The Hall–Kier alpha value is -2.59. The van der Waals surface area contributed by atoms with Crippen LogP contribution in [0.2, 0.25) is 5.02 Å². The van der Waals surface area contributed by atoms with Gasteiger partial charge in [-0.25, -0.2) is 14.3 Å². The number of amides is 2. The summed E-state index contributed by atoms with van der Waals surface area (Å²) in [5.74, 6) is -0.733. The Bertz CT molecular complexity index is 1140. The average Bonchev–Trinajstić information content (AvgIpc) is 3.43. The molecule has 0 aliphatic heterocycles. The molecule has 0 spiro atoms. The van der Waals surface area contributed by atoms with E-state index in [1.54, 1.807) is 0 Å². The molecule has 0 saturated heterocycles. The van der Waals surface area contributed by atoms with Crippen molar-refractivity contribution in [1.29, 1.82) is 0 Å². The molecule has 0 atom stereocenters. The molecule has 2 aromatic rings. The van der Waals surface area contributed by atoms with Gasteiger partial charge in [-0.05, 0) is 60.8 Å². The first kappa shape index (κ1) is 20.7. The molecule has 0 saturated carbocycles. The van der Waals surface area contributed by atoms with Gasteiger partial charge in [-0.15, -0.1) is 0 Å². The van der Waals surface area contributed by atoms with Crippen molar-refractivity contribution in [2.75, 3.05) is 12.4 Å². The van der Waals surface area contributed by atoms with Crippen LogP contribution in [0.5, 0.6) is 0 Å². The normalized spacial score (nSPS) is 14.9. The predicted octanol–water partition coefficient (Wildman–Crippen LogP) is 2.35. The number of halogens is 1. The summed E-state index contributed by atoms with van der Waals surface area (Å²) in [6, 6.07) is 0.171. The number of ether oxygens (including phenoxy) is 1. The van der Waals surface area contributed by atoms with Crippen LogP contribution < -0.4 is 10.0 Å². The minimum absolute atomic E-state index is 0.0494. The van der Waals surface area contributed by atoms with Crippen molar-refractivity contribution in [3.8, 4) is 0 Å². The molecule has 0 unspecified atom stereocenters. The fraction of sp³-hybridized carbons (Fsp3) is 0.421. The standard InChI is InChI=1S/C19H21ClN4O5S/c1-24-14(18(25)29-2)9-15(22-24)30(27,28)23-19(26)21-17-12-7-3-5-10(12)16(20)11-6-4-8-13(11)17/h9H,3-8H2,1-2H3,(H2,21,23,26). The Morgan fingerprint density at radius 2 is 1.67 bits per heavy atom. The maximum atomic E-state index is 12.6. The number of sulfonamides is 1. The number of urea groups is 1. The van der Waals surface area contributed by atoms with E-state index < -0.39 is 27.0 Å². The highest BCUT2D eigenvalue weighted by molar-refractivity contribution is 7.90. The third kappa shape index (κ3) is 3.43. The summed E-state index contributed by atoms with van der Waals surface area (Å²) >= 11 is 6.58. The molecule has 2 aliphatic carbocycles. The van der Waals surface area contributed by atoms with Crippen molar-refractivity contribution < 1.29 is 22.7 Å². The SMILES string of the molecule is COC(=O)c1cc(S(=O)(=O)NC(=O)Nc2c3c(c(Cl)c4c2CCC4)CCC3)nn1C. The zero-order valence-corrected chi connectivity index (χ0v) is 18.1. The lowest BCUT2D eigenvalue weighted by atomic mass is 9.98. The molecule has 2 amide bonds. The number of hydrogen-bond acceptors (Lipinski definition) is 6. The lowest BCUT2D eigenvalue weighted by Crippen LogP contribution is -2.35. The molecular formula is C19H21ClN4O5S. The van der Waals surface area contributed by atoms with Crippen molar-refractivity contribution in [3.05, 3.63) is 39.0 Å². The van der Waals surface area contributed by atoms with Crippen LogP contribution in [0.3, 0.4) is 0 Å². The highest BCUT2D eigenvalue weighted by atomic mass is 35.5. The van der Waals surface area contributed by atoms with Gasteiger partial charge in [0.25, 0.3) is 10.0 Å². The van der Waals surface area contributed by atoms with E-state index in [4.69, 9.17) is 11.6 Å². The first-order valence-electron chi connectivity index (χ1n) is 9.54. The maximum Gasteiger partial charge on any atom is 0.356 e. The second kappa shape index (κ2) is 7.59. The lowest BCUT2D eigenvalue weighted by molar-refractivity contribution is 0.0588. The summed E-state index contributed by atoms with van der Waals surface area (Å²) < 4.78 is 32.9. The van der Waals surface area contributed by atoms with Crippen molar-refractivity contribution in [3.63, 3.8) is 0 Å². The van der Waals surface area contributed by atoms with Gasteiger partial charge in [0.15, 0.2) is 5.03 Å². The van der Waals surface area contributed by atoms with Gasteiger partial charge in [0.1, 0.15) is 5.69 Å². The maximum absolute atomic E-state index is 12.6. The Balaban J connectivity index is 1.60. The molecule has 4 rings (SSSR count). The molecule has 2 N–H and O–H groups in total. The zero-order valence-electron chi connectivity index (χ0n) is 16.5. The van der Waals surface area contributed by atoms with E-state index >= 15 is 0 Å². The number of anilines is 1. The number of benzene rings is 1. The number of nitrogens with one attached hydrogen (secondary N) is 2. The molecular weight excluding hydrogens is 432 g/mol. The van der Waals surface area contributed by atoms with Crippen LogP contribution in [-0.2, 0) is 47.5 Å². The number of esters is 1. The summed E-state index contributed by atoms with van der Waals surface area (Å²) in [5.41, 5.74) is 4.68. The second-order valence-corrected chi connectivity index (χ2v) is 9.36. The molecule has 160 valence electrons. The van der Waals surface area contributed by atoms with Crippen molar-refractivity contribution >= 4 is 39.3 Å². The van der Waals surface area contributed by atoms with E-state index in [0.29, 0.717) is 5.69 Å². The van der Waals surface area contributed by atoms with Crippen molar-refractivity contribution in [2.45, 2.75) is 43.6 Å². The van der Waals surface area contributed by atoms with Crippen molar-refractivity contribution in [1.82, 2.24) is 14.5 Å². The quantitative estimate of drug-likeness (QED) is 0.687. The predicted molar refractivity (Wildman–Crippen MR) is 109 cm³/mol. The summed E-state index contributed by atoms with van der Waals surface area (Å²) in [6.45, 7) is 0. The number of rotatable bonds is 4. The number of carbonyl (C=O) groups is 2. The lowest BCUT2D eigenvalue weighted by Gasteiger charge is -2.18. The molecule has 11 heteroatoms. The molecule has 0 bridgehead atoms. The first-order chi connectivity index (χ1) is 14.2. The van der Waals surface area contributed by atoms with Gasteiger partial charge in [-0.2, -0.15) is 13.5 Å². The molecule has 30 heavy (non-hydrogen) atoms. The summed E-state index contributed by atoms with van der Waals surface area (Å²) in [6.07, 6.45) is 5.15. The molecule has 1 heterocycles. The fourth-order valence-electron chi connectivity index (χ4n) is 4.22. The van der Waals surface area contributed by atoms with Crippen LogP contribution in [0.25, 0.3) is 0 Å². The largest absolute Gasteiger partial charge is 0.464 e. The van der Waals surface area contributed by atoms with E-state index in [1.165, 1.54) is 14.2 Å². The number of hydrogen-bond donors (Lipinski definition) is 2. The van der Waals surface area contributed by atoms with E-state index in [2.05, 4.69) is 15.2 Å². The van der Waals surface area contributed by atoms with Gasteiger partial charge in [0.05, 0.1) is 7.11 Å². The van der Waals surface area contributed by atoms with Gasteiger partial charge in [-0.1, -0.05) is 11.6 Å². The highest BCUT2D eigenvalue weighted by Gasteiger charge is 2.30. The number of nitrogens with zero attached hydrogens (tertiary/aromatic N) is 2. The smallest absolute Gasteiger partial charge is 0.356 e. The summed E-state index contributed by atoms with van der Waals surface area (Å²) in [5, 5.41) is 6.88. The Labute approximate surface area is 178 Å². The van der Waals surface area contributed by atoms with Crippen LogP contribution in [0.15, 0.2) is 11.1 Å². The monoisotopic (exact) mass is 452 g/mol. The minimum Gasteiger partial charge on any atom is -0.464 e. The van der Waals surface area contributed by atoms with Gasteiger partial charge >= 0.3 is 12.0 Å². The third-order valence-corrected chi connectivity index (χ3v) is 7.22. The molecule has 2 aliphatic rings. The minimum atomic E-state index is -4.29. The van der Waals surface area contributed by atoms with Gasteiger partial charge in [-0.3, -0.25) is 4.68 Å². The van der Waals surface area contributed by atoms with Crippen LogP contribution in [-0.4, -0.2) is 37.3 Å². The topological polar surface area (TPSA) is 119 Å². The van der Waals surface area contributed by atoms with Crippen LogP contribution in [0.1, 0.15) is 45.6 Å². The number of fused-ring (bicyclic) bond motifs is 2.